The van der Waals surface area contributed by atoms with Crippen LogP contribution in [0.2, 0.25) is 0 Å². The molecule has 1 atom stereocenters. The summed E-state index contributed by atoms with van der Waals surface area (Å²) in [7, 11) is 0. The normalized spacial score (nSPS) is 12.3. The van der Waals surface area contributed by atoms with Crippen LogP contribution in [-0.2, 0) is 42.6 Å². The Morgan fingerprint density at radius 2 is 1.49 bits per heavy atom. The van der Waals surface area contributed by atoms with Crippen LogP contribution in [0.3, 0.4) is 0 Å². The first-order chi connectivity index (χ1) is 21.6. The number of benzene rings is 4. The molecule has 6 heteroatoms. The summed E-state index contributed by atoms with van der Waals surface area (Å²) < 4.78 is 3.37. The molecule has 0 aliphatic carbocycles. The van der Waals surface area contributed by atoms with Crippen LogP contribution in [0.4, 0.5) is 0 Å². The van der Waals surface area contributed by atoms with E-state index in [1.807, 2.05) is 61.5 Å². The molecular formula is C39H43N3O3. The van der Waals surface area contributed by atoms with Crippen LogP contribution in [0.15, 0.2) is 108 Å². The minimum atomic E-state index is -0.820. The van der Waals surface area contributed by atoms with Gasteiger partial charge in [0.1, 0.15) is 5.82 Å². The third kappa shape index (κ3) is 7.88. The second-order valence-electron chi connectivity index (χ2n) is 12.8. The Morgan fingerprint density at radius 1 is 0.800 bits per heavy atom. The highest BCUT2D eigenvalue weighted by Crippen LogP contribution is 2.28. The molecule has 0 amide bonds. The number of hydrogen-bond acceptors (Lipinski definition) is 3. The summed E-state index contributed by atoms with van der Waals surface area (Å²) >= 11 is 0. The van der Waals surface area contributed by atoms with Gasteiger partial charge in [-0.25, -0.2) is 9.48 Å². The molecule has 0 fully saturated rings. The number of rotatable bonds is 12. The van der Waals surface area contributed by atoms with Crippen molar-refractivity contribution in [2.24, 2.45) is 0 Å². The van der Waals surface area contributed by atoms with Crippen LogP contribution >= 0.6 is 0 Å². The highest BCUT2D eigenvalue weighted by Gasteiger charge is 2.21. The van der Waals surface area contributed by atoms with Gasteiger partial charge in [0, 0.05) is 13.0 Å². The van der Waals surface area contributed by atoms with Gasteiger partial charge < -0.3 is 5.11 Å². The molecule has 4 aromatic carbocycles. The zero-order chi connectivity index (χ0) is 32.0. The molecule has 1 unspecified atom stereocenters. The van der Waals surface area contributed by atoms with Crippen LogP contribution in [0.25, 0.3) is 11.1 Å². The van der Waals surface area contributed by atoms with E-state index < -0.39 is 11.9 Å². The van der Waals surface area contributed by atoms with Crippen molar-refractivity contribution in [3.8, 4) is 11.1 Å². The van der Waals surface area contributed by atoms with E-state index in [1.54, 1.807) is 9.25 Å². The average Bonchev–Trinajstić information content (AvgIpc) is 3.33. The molecule has 232 valence electrons. The van der Waals surface area contributed by atoms with Crippen LogP contribution in [0, 0.1) is 0 Å². The molecule has 0 aliphatic rings. The SMILES string of the molecule is CCn1c(CCCc2ccc(-c3cccc(C(Cc4ccccc4)C(=O)O)c3)cc2)nn(Cc2ccc(C(C)(C)C)cc2)c1=O. The van der Waals surface area contributed by atoms with E-state index in [9.17, 15) is 14.7 Å². The minimum absolute atomic E-state index is 0.0621. The number of aromatic nitrogens is 3. The summed E-state index contributed by atoms with van der Waals surface area (Å²) in [6.07, 6.45) is 2.93. The first kappa shape index (κ1) is 31.7. The number of carboxylic acid groups (broad SMARTS) is 1. The maximum atomic E-state index is 13.1. The third-order valence-corrected chi connectivity index (χ3v) is 8.49. The first-order valence-electron chi connectivity index (χ1n) is 15.8. The standard InChI is InChI=1S/C39H43N3O3/c1-5-41-36(40-42(38(41)45)27-30-19-23-34(24-20-30)39(2,3)4)16-9-13-28-17-21-31(22-18-28)32-14-10-15-33(26-32)35(37(43)44)25-29-11-7-6-8-12-29/h6-8,10-12,14-15,17-24,26,35H,5,9,13,16,25,27H2,1-4H3,(H,43,44). The van der Waals surface area contributed by atoms with Crippen molar-refractivity contribution in [1.82, 2.24) is 14.3 Å². The van der Waals surface area contributed by atoms with E-state index >= 15 is 0 Å². The lowest BCUT2D eigenvalue weighted by atomic mass is 9.87. The van der Waals surface area contributed by atoms with E-state index in [-0.39, 0.29) is 11.1 Å². The zero-order valence-corrected chi connectivity index (χ0v) is 26.7. The van der Waals surface area contributed by atoms with Gasteiger partial charge in [-0.15, -0.1) is 0 Å². The predicted molar refractivity (Wildman–Crippen MR) is 181 cm³/mol. The number of carbonyl (C=O) groups is 1. The first-order valence-corrected chi connectivity index (χ1v) is 15.8. The lowest BCUT2D eigenvalue weighted by molar-refractivity contribution is -0.138. The third-order valence-electron chi connectivity index (χ3n) is 8.49. The van der Waals surface area contributed by atoms with Gasteiger partial charge in [-0.3, -0.25) is 9.36 Å². The Labute approximate surface area is 266 Å². The summed E-state index contributed by atoms with van der Waals surface area (Å²) in [5.41, 5.74) is 7.45. The Bertz CT molecular complexity index is 1780. The quantitative estimate of drug-likeness (QED) is 0.159. The molecule has 5 rings (SSSR count). The minimum Gasteiger partial charge on any atom is -0.481 e. The number of nitrogens with zero attached hydrogens (tertiary/aromatic N) is 3. The molecule has 0 radical (unpaired) electrons. The average molecular weight is 602 g/mol. The number of carboxylic acids is 1. The predicted octanol–water partition coefficient (Wildman–Crippen LogP) is 7.66. The lowest BCUT2D eigenvalue weighted by Gasteiger charge is -2.19. The molecule has 45 heavy (non-hydrogen) atoms. The number of aliphatic carboxylic acids is 1. The molecule has 1 heterocycles. The fourth-order valence-electron chi connectivity index (χ4n) is 5.82. The molecule has 1 N–H and O–H groups in total. The van der Waals surface area contributed by atoms with Gasteiger partial charge in [0.2, 0.25) is 0 Å². The molecule has 0 bridgehead atoms. The Hall–Kier alpha value is -4.71. The van der Waals surface area contributed by atoms with Crippen molar-refractivity contribution in [3.05, 3.63) is 147 Å². The largest absolute Gasteiger partial charge is 0.481 e. The van der Waals surface area contributed by atoms with E-state index in [0.29, 0.717) is 19.5 Å². The van der Waals surface area contributed by atoms with Gasteiger partial charge in [-0.2, -0.15) is 5.10 Å². The van der Waals surface area contributed by atoms with Crippen LogP contribution in [0.5, 0.6) is 0 Å². The lowest BCUT2D eigenvalue weighted by Crippen LogP contribution is -2.25. The smallest absolute Gasteiger partial charge is 0.346 e. The van der Waals surface area contributed by atoms with Gasteiger partial charge in [0.05, 0.1) is 12.5 Å². The molecule has 0 aliphatic heterocycles. The maximum Gasteiger partial charge on any atom is 0.346 e. The molecule has 0 saturated carbocycles. The number of aryl methyl sites for hydroxylation is 2. The summed E-state index contributed by atoms with van der Waals surface area (Å²) in [4.78, 5) is 25.2. The van der Waals surface area contributed by atoms with E-state index in [0.717, 1.165) is 52.9 Å². The highest BCUT2D eigenvalue weighted by atomic mass is 16.4. The Balaban J connectivity index is 1.22. The van der Waals surface area contributed by atoms with E-state index in [1.165, 1.54) is 11.1 Å². The topological polar surface area (TPSA) is 77.1 Å². The van der Waals surface area contributed by atoms with Gasteiger partial charge >= 0.3 is 11.7 Å². The van der Waals surface area contributed by atoms with Crippen molar-refractivity contribution in [1.29, 1.82) is 0 Å². The number of hydrogen-bond donors (Lipinski definition) is 1. The molecular weight excluding hydrogens is 558 g/mol. The van der Waals surface area contributed by atoms with Crippen molar-refractivity contribution < 1.29 is 9.90 Å². The summed E-state index contributed by atoms with van der Waals surface area (Å²) in [5.74, 6) is -0.602. The zero-order valence-electron chi connectivity index (χ0n) is 26.7. The van der Waals surface area contributed by atoms with Gasteiger partial charge in [0.15, 0.2) is 0 Å². The monoisotopic (exact) mass is 601 g/mol. The maximum absolute atomic E-state index is 13.1. The fourth-order valence-corrected chi connectivity index (χ4v) is 5.82. The second kappa shape index (κ2) is 13.9. The van der Waals surface area contributed by atoms with Crippen molar-refractivity contribution in [2.75, 3.05) is 0 Å². The van der Waals surface area contributed by atoms with E-state index in [4.69, 9.17) is 5.10 Å². The van der Waals surface area contributed by atoms with Crippen LogP contribution in [-0.4, -0.2) is 25.4 Å². The molecule has 0 saturated heterocycles. The molecule has 0 spiro atoms. The van der Waals surface area contributed by atoms with Gasteiger partial charge in [-0.05, 0) is 70.5 Å². The highest BCUT2D eigenvalue weighted by molar-refractivity contribution is 5.78. The van der Waals surface area contributed by atoms with E-state index in [2.05, 4.69) is 69.3 Å². The van der Waals surface area contributed by atoms with Gasteiger partial charge in [-0.1, -0.05) is 124 Å². The Kier molecular flexibility index (Phi) is 9.82. The fraction of sp³-hybridized carbons (Fsp3) is 0.308. The molecule has 6 nitrogen and oxygen atoms in total. The van der Waals surface area contributed by atoms with Crippen molar-refractivity contribution in [3.63, 3.8) is 0 Å². The molecule has 1 aromatic heterocycles. The second-order valence-corrected chi connectivity index (χ2v) is 12.8. The van der Waals surface area contributed by atoms with Crippen molar-refractivity contribution in [2.45, 2.75) is 77.8 Å². The van der Waals surface area contributed by atoms with Crippen LogP contribution in [0.1, 0.15) is 73.7 Å². The molecule has 5 aromatic rings. The van der Waals surface area contributed by atoms with Crippen LogP contribution < -0.4 is 5.69 Å². The Morgan fingerprint density at radius 3 is 2.13 bits per heavy atom. The summed E-state index contributed by atoms with van der Waals surface area (Å²) in [6.45, 7) is 9.64. The summed E-state index contributed by atoms with van der Waals surface area (Å²) in [6, 6.07) is 34.5. The van der Waals surface area contributed by atoms with Gasteiger partial charge in [0.25, 0.3) is 0 Å². The summed E-state index contributed by atoms with van der Waals surface area (Å²) in [5, 5.41) is 14.7. The van der Waals surface area contributed by atoms with Crippen molar-refractivity contribution >= 4 is 5.97 Å².